The Kier molecular flexibility index (Phi) is 10.6. The lowest BCUT2D eigenvalue weighted by molar-refractivity contribution is 0.123. The van der Waals surface area contributed by atoms with Crippen molar-refractivity contribution in [2.24, 2.45) is 0 Å². The maximum atomic E-state index is 5.53. The Morgan fingerprint density at radius 1 is 0.857 bits per heavy atom. The van der Waals surface area contributed by atoms with Crippen molar-refractivity contribution in [1.82, 2.24) is 0 Å². The molecule has 0 aliphatic heterocycles. The van der Waals surface area contributed by atoms with Crippen LogP contribution in [0.4, 0.5) is 0 Å². The molecule has 86 valence electrons. The highest BCUT2D eigenvalue weighted by Crippen LogP contribution is 2.31. The molecule has 0 saturated carbocycles. The van der Waals surface area contributed by atoms with Gasteiger partial charge in [-0.05, 0) is 26.7 Å². The van der Waals surface area contributed by atoms with Crippen molar-refractivity contribution in [3.8, 4) is 0 Å². The van der Waals surface area contributed by atoms with Crippen LogP contribution in [-0.4, -0.2) is 24.1 Å². The topological polar surface area (TPSA) is 18.5 Å². The lowest BCUT2D eigenvalue weighted by Gasteiger charge is -2.15. The van der Waals surface area contributed by atoms with Crippen molar-refractivity contribution in [2.45, 2.75) is 51.4 Å². The standard InChI is InChI=1S/C10H22O2S2/c1-5-7-11-9(3)13-14-10(4)12-8-6-2/h9-10H,5-8H2,1-4H3. The van der Waals surface area contributed by atoms with Gasteiger partial charge in [-0.15, -0.1) is 0 Å². The molecule has 0 heterocycles. The molecular formula is C10H22O2S2. The lowest BCUT2D eigenvalue weighted by Crippen LogP contribution is -2.06. The summed E-state index contributed by atoms with van der Waals surface area (Å²) in [6, 6.07) is 0. The summed E-state index contributed by atoms with van der Waals surface area (Å²) in [6.45, 7) is 10.1. The summed E-state index contributed by atoms with van der Waals surface area (Å²) in [5.74, 6) is 0. The molecule has 0 bridgehead atoms. The minimum atomic E-state index is 0.257. The zero-order chi connectivity index (χ0) is 10.8. The average Bonchev–Trinajstić information content (AvgIpc) is 2.20. The fourth-order valence-electron chi connectivity index (χ4n) is 0.780. The molecule has 2 nitrogen and oxygen atoms in total. The molecule has 2 atom stereocenters. The SMILES string of the molecule is CCCOC(C)SSC(C)OCCC. The van der Waals surface area contributed by atoms with Gasteiger partial charge in [-0.1, -0.05) is 35.4 Å². The highest BCUT2D eigenvalue weighted by molar-refractivity contribution is 8.77. The van der Waals surface area contributed by atoms with Crippen LogP contribution >= 0.6 is 21.6 Å². The maximum absolute atomic E-state index is 5.53. The molecule has 0 N–H and O–H groups in total. The van der Waals surface area contributed by atoms with E-state index < -0.39 is 0 Å². The van der Waals surface area contributed by atoms with E-state index in [1.807, 2.05) is 0 Å². The summed E-state index contributed by atoms with van der Waals surface area (Å²) in [5, 5.41) is 0. The summed E-state index contributed by atoms with van der Waals surface area (Å²) >= 11 is 0. The van der Waals surface area contributed by atoms with Gasteiger partial charge >= 0.3 is 0 Å². The summed E-state index contributed by atoms with van der Waals surface area (Å²) in [4.78, 5) is 0. The molecule has 0 spiro atoms. The van der Waals surface area contributed by atoms with E-state index in [1.165, 1.54) is 0 Å². The predicted molar refractivity (Wildman–Crippen MR) is 66.6 cm³/mol. The van der Waals surface area contributed by atoms with Crippen LogP contribution in [0.3, 0.4) is 0 Å². The van der Waals surface area contributed by atoms with E-state index in [-0.39, 0.29) is 10.9 Å². The van der Waals surface area contributed by atoms with Gasteiger partial charge < -0.3 is 9.47 Å². The maximum Gasteiger partial charge on any atom is 0.110 e. The molecule has 0 aliphatic carbocycles. The molecule has 0 saturated heterocycles. The highest BCUT2D eigenvalue weighted by Gasteiger charge is 2.07. The Labute approximate surface area is 95.9 Å². The Morgan fingerprint density at radius 2 is 1.21 bits per heavy atom. The molecular weight excluding hydrogens is 216 g/mol. The van der Waals surface area contributed by atoms with Crippen LogP contribution in [0, 0.1) is 0 Å². The first-order chi connectivity index (χ1) is 6.70. The van der Waals surface area contributed by atoms with E-state index in [0.29, 0.717) is 0 Å². The van der Waals surface area contributed by atoms with Crippen LogP contribution in [0.15, 0.2) is 0 Å². The van der Waals surface area contributed by atoms with Crippen LogP contribution in [0.2, 0.25) is 0 Å². The highest BCUT2D eigenvalue weighted by atomic mass is 33.1. The minimum absolute atomic E-state index is 0.257. The van der Waals surface area contributed by atoms with E-state index in [2.05, 4.69) is 27.7 Å². The fourth-order valence-corrected chi connectivity index (χ4v) is 2.67. The van der Waals surface area contributed by atoms with Crippen molar-refractivity contribution in [2.75, 3.05) is 13.2 Å². The molecule has 0 aliphatic rings. The van der Waals surface area contributed by atoms with Gasteiger partial charge in [0.2, 0.25) is 0 Å². The lowest BCUT2D eigenvalue weighted by atomic mass is 10.5. The van der Waals surface area contributed by atoms with Crippen LogP contribution in [0.5, 0.6) is 0 Å². The summed E-state index contributed by atoms with van der Waals surface area (Å²) < 4.78 is 11.1. The Morgan fingerprint density at radius 3 is 1.50 bits per heavy atom. The van der Waals surface area contributed by atoms with Gasteiger partial charge in [0.05, 0.1) is 0 Å². The number of hydrogen-bond donors (Lipinski definition) is 0. The molecule has 0 radical (unpaired) electrons. The molecule has 0 rings (SSSR count). The van der Waals surface area contributed by atoms with Crippen LogP contribution in [0.25, 0.3) is 0 Å². The molecule has 4 heteroatoms. The van der Waals surface area contributed by atoms with E-state index in [0.717, 1.165) is 26.1 Å². The second-order valence-corrected chi connectivity index (χ2v) is 5.94. The number of ether oxygens (including phenoxy) is 2. The van der Waals surface area contributed by atoms with Crippen molar-refractivity contribution in [3.63, 3.8) is 0 Å². The summed E-state index contributed by atoms with van der Waals surface area (Å²) in [6.07, 6.45) is 2.16. The Hall–Kier alpha value is 0.620. The first-order valence-corrected chi connectivity index (χ1v) is 7.53. The van der Waals surface area contributed by atoms with Gasteiger partial charge in [-0.25, -0.2) is 0 Å². The van der Waals surface area contributed by atoms with Crippen molar-refractivity contribution in [3.05, 3.63) is 0 Å². The second-order valence-electron chi connectivity index (χ2n) is 3.07. The van der Waals surface area contributed by atoms with Gasteiger partial charge in [0.1, 0.15) is 10.9 Å². The zero-order valence-corrected chi connectivity index (χ0v) is 11.2. The van der Waals surface area contributed by atoms with Gasteiger partial charge in [0.15, 0.2) is 0 Å². The first-order valence-electron chi connectivity index (χ1n) is 5.26. The van der Waals surface area contributed by atoms with Crippen molar-refractivity contribution < 1.29 is 9.47 Å². The van der Waals surface area contributed by atoms with Crippen LogP contribution in [-0.2, 0) is 9.47 Å². The molecule has 0 aromatic heterocycles. The van der Waals surface area contributed by atoms with E-state index in [9.17, 15) is 0 Å². The predicted octanol–water partition coefficient (Wildman–Crippen LogP) is 3.91. The third-order valence-electron chi connectivity index (χ3n) is 1.44. The molecule has 0 aromatic carbocycles. The van der Waals surface area contributed by atoms with Gasteiger partial charge in [-0.3, -0.25) is 0 Å². The first kappa shape index (κ1) is 14.6. The van der Waals surface area contributed by atoms with E-state index in [1.54, 1.807) is 21.6 Å². The average molecular weight is 238 g/mol. The molecule has 0 aromatic rings. The quantitative estimate of drug-likeness (QED) is 0.447. The number of hydrogen-bond acceptors (Lipinski definition) is 4. The number of rotatable bonds is 9. The summed E-state index contributed by atoms with van der Waals surface area (Å²) in [7, 11) is 3.49. The van der Waals surface area contributed by atoms with Gasteiger partial charge in [0, 0.05) is 13.2 Å². The van der Waals surface area contributed by atoms with Crippen LogP contribution in [0.1, 0.15) is 40.5 Å². The van der Waals surface area contributed by atoms with E-state index >= 15 is 0 Å². The Balaban J connectivity index is 3.31. The molecule has 14 heavy (non-hydrogen) atoms. The van der Waals surface area contributed by atoms with Gasteiger partial charge in [-0.2, -0.15) is 0 Å². The van der Waals surface area contributed by atoms with Crippen molar-refractivity contribution >= 4 is 21.6 Å². The molecule has 2 unspecified atom stereocenters. The minimum Gasteiger partial charge on any atom is -0.367 e. The molecule has 0 fully saturated rings. The largest absolute Gasteiger partial charge is 0.367 e. The normalized spacial score (nSPS) is 15.4. The summed E-state index contributed by atoms with van der Waals surface area (Å²) in [5.41, 5.74) is 0.514. The van der Waals surface area contributed by atoms with Crippen LogP contribution < -0.4 is 0 Å². The van der Waals surface area contributed by atoms with Gasteiger partial charge in [0.25, 0.3) is 0 Å². The second kappa shape index (κ2) is 10.1. The van der Waals surface area contributed by atoms with E-state index in [4.69, 9.17) is 9.47 Å². The fraction of sp³-hybridized carbons (Fsp3) is 1.00. The Bertz CT molecular complexity index is 109. The smallest absolute Gasteiger partial charge is 0.110 e. The van der Waals surface area contributed by atoms with Crippen molar-refractivity contribution in [1.29, 1.82) is 0 Å². The zero-order valence-electron chi connectivity index (χ0n) is 9.62. The monoisotopic (exact) mass is 238 g/mol. The third kappa shape index (κ3) is 9.19. The molecule has 0 amide bonds. The third-order valence-corrected chi connectivity index (χ3v) is 4.32.